The van der Waals surface area contributed by atoms with Crippen LogP contribution in [0.25, 0.3) is 11.6 Å². The second kappa shape index (κ2) is 8.10. The largest absolute Gasteiger partial charge is 0.497 e. The second-order valence-electron chi connectivity index (χ2n) is 5.02. The van der Waals surface area contributed by atoms with E-state index >= 15 is 0 Å². The minimum atomic E-state index is -1.08. The summed E-state index contributed by atoms with van der Waals surface area (Å²) in [6, 6.07) is 10.3. The lowest BCUT2D eigenvalue weighted by atomic mass is 10.0. The van der Waals surface area contributed by atoms with Gasteiger partial charge in [-0.05, 0) is 35.9 Å². The third kappa shape index (κ3) is 3.85. The minimum absolute atomic E-state index is 0.0722. The van der Waals surface area contributed by atoms with Gasteiger partial charge in [-0.25, -0.2) is 4.79 Å². The quantitative estimate of drug-likeness (QED) is 0.613. The molecule has 0 aliphatic carbocycles. The van der Waals surface area contributed by atoms with Crippen molar-refractivity contribution in [1.29, 1.82) is 0 Å². The van der Waals surface area contributed by atoms with Gasteiger partial charge in [0.05, 0.1) is 34.0 Å². The van der Waals surface area contributed by atoms with Gasteiger partial charge < -0.3 is 24.1 Å². The van der Waals surface area contributed by atoms with E-state index in [2.05, 4.69) is 0 Å². The van der Waals surface area contributed by atoms with Crippen LogP contribution in [0.2, 0.25) is 0 Å². The summed E-state index contributed by atoms with van der Waals surface area (Å²) in [5.74, 6) is 0.699. The van der Waals surface area contributed by atoms with Crippen LogP contribution in [0.3, 0.4) is 0 Å². The van der Waals surface area contributed by atoms with Crippen molar-refractivity contribution in [2.45, 2.75) is 0 Å². The molecule has 0 unspecified atom stereocenters. The zero-order valence-electron chi connectivity index (χ0n) is 14.5. The molecule has 0 radical (unpaired) electrons. The van der Waals surface area contributed by atoms with Crippen LogP contribution < -0.4 is 18.9 Å². The van der Waals surface area contributed by atoms with Crippen molar-refractivity contribution >= 4 is 17.6 Å². The Morgan fingerprint density at radius 3 is 1.96 bits per heavy atom. The summed E-state index contributed by atoms with van der Waals surface area (Å²) in [6.07, 6.45) is 1.56. The molecule has 0 amide bonds. The average molecular weight is 344 g/mol. The maximum atomic E-state index is 11.8. The molecule has 132 valence electrons. The third-order valence-electron chi connectivity index (χ3n) is 3.65. The number of hydrogen-bond acceptors (Lipinski definition) is 5. The molecule has 2 aromatic rings. The Hall–Kier alpha value is -3.15. The Balaban J connectivity index is 2.60. The first kappa shape index (κ1) is 18.2. The summed E-state index contributed by atoms with van der Waals surface area (Å²) in [6.45, 7) is 0. The van der Waals surface area contributed by atoms with Gasteiger partial charge in [0.2, 0.25) is 5.75 Å². The average Bonchev–Trinajstić information content (AvgIpc) is 2.65. The zero-order valence-corrected chi connectivity index (χ0v) is 14.5. The summed E-state index contributed by atoms with van der Waals surface area (Å²) >= 11 is 0. The van der Waals surface area contributed by atoms with Crippen LogP contribution >= 0.6 is 0 Å². The SMILES string of the molecule is COc1ccc(/C=C(\C(=O)O)c2ccc(OC)c(OC)c2OC)cc1. The first-order chi connectivity index (χ1) is 12.0. The lowest BCUT2D eigenvalue weighted by Gasteiger charge is -2.16. The molecule has 25 heavy (non-hydrogen) atoms. The van der Waals surface area contributed by atoms with Gasteiger partial charge in [0.15, 0.2) is 11.5 Å². The van der Waals surface area contributed by atoms with Crippen molar-refractivity contribution in [1.82, 2.24) is 0 Å². The predicted molar refractivity (Wildman–Crippen MR) is 94.6 cm³/mol. The Morgan fingerprint density at radius 2 is 1.48 bits per heavy atom. The topological polar surface area (TPSA) is 74.2 Å². The highest BCUT2D eigenvalue weighted by Crippen LogP contribution is 2.42. The Kier molecular flexibility index (Phi) is 5.89. The first-order valence-corrected chi connectivity index (χ1v) is 7.44. The number of rotatable bonds is 7. The second-order valence-corrected chi connectivity index (χ2v) is 5.02. The monoisotopic (exact) mass is 344 g/mol. The molecular weight excluding hydrogens is 324 g/mol. The first-order valence-electron chi connectivity index (χ1n) is 7.44. The summed E-state index contributed by atoms with van der Waals surface area (Å²) in [5, 5.41) is 9.68. The number of carboxylic acid groups (broad SMARTS) is 1. The fourth-order valence-electron chi connectivity index (χ4n) is 2.43. The number of benzene rings is 2. The molecule has 0 saturated carbocycles. The fraction of sp³-hybridized carbons (Fsp3) is 0.211. The van der Waals surface area contributed by atoms with Gasteiger partial charge in [0.25, 0.3) is 0 Å². The number of ether oxygens (including phenoxy) is 4. The van der Waals surface area contributed by atoms with Gasteiger partial charge in [-0.3, -0.25) is 0 Å². The van der Waals surface area contributed by atoms with Crippen LogP contribution in [0.5, 0.6) is 23.0 Å². The number of aliphatic carboxylic acids is 1. The van der Waals surface area contributed by atoms with E-state index in [1.807, 2.05) is 0 Å². The van der Waals surface area contributed by atoms with E-state index in [0.717, 1.165) is 5.56 Å². The molecule has 6 heteroatoms. The number of hydrogen-bond donors (Lipinski definition) is 1. The fourth-order valence-corrected chi connectivity index (χ4v) is 2.43. The van der Waals surface area contributed by atoms with Crippen LogP contribution in [0.15, 0.2) is 36.4 Å². The Morgan fingerprint density at radius 1 is 0.840 bits per heavy atom. The highest BCUT2D eigenvalue weighted by Gasteiger charge is 2.22. The van der Waals surface area contributed by atoms with Gasteiger partial charge >= 0.3 is 5.97 Å². The molecule has 0 heterocycles. The van der Waals surface area contributed by atoms with Crippen molar-refractivity contribution in [3.63, 3.8) is 0 Å². The van der Waals surface area contributed by atoms with E-state index in [1.54, 1.807) is 49.6 Å². The van der Waals surface area contributed by atoms with Gasteiger partial charge in [-0.15, -0.1) is 0 Å². The molecule has 0 bridgehead atoms. The van der Waals surface area contributed by atoms with Crippen LogP contribution in [0, 0.1) is 0 Å². The molecule has 6 nitrogen and oxygen atoms in total. The molecule has 0 atom stereocenters. The normalized spacial score (nSPS) is 11.0. The molecule has 0 aliphatic heterocycles. The van der Waals surface area contributed by atoms with Crippen molar-refractivity contribution < 1.29 is 28.8 Å². The molecule has 0 fully saturated rings. The van der Waals surface area contributed by atoms with E-state index in [9.17, 15) is 9.90 Å². The van der Waals surface area contributed by atoms with Crippen LogP contribution in [0.1, 0.15) is 11.1 Å². The molecule has 2 aromatic carbocycles. The summed E-state index contributed by atoms with van der Waals surface area (Å²) < 4.78 is 21.1. The van der Waals surface area contributed by atoms with Gasteiger partial charge in [0.1, 0.15) is 5.75 Å². The van der Waals surface area contributed by atoms with Crippen molar-refractivity contribution in [2.24, 2.45) is 0 Å². The standard InChI is InChI=1S/C19H20O6/c1-22-13-7-5-12(6-8-13)11-15(19(20)21)14-9-10-16(23-2)18(25-4)17(14)24-3/h5-11H,1-4H3,(H,20,21)/b15-11-. The van der Waals surface area contributed by atoms with Crippen molar-refractivity contribution in [3.05, 3.63) is 47.5 Å². The lowest BCUT2D eigenvalue weighted by molar-refractivity contribution is -0.130. The summed E-state index contributed by atoms with van der Waals surface area (Å²) in [5.41, 5.74) is 1.18. The third-order valence-corrected chi connectivity index (χ3v) is 3.65. The van der Waals surface area contributed by atoms with E-state index in [-0.39, 0.29) is 5.57 Å². The van der Waals surface area contributed by atoms with Crippen molar-refractivity contribution in [2.75, 3.05) is 28.4 Å². The number of methoxy groups -OCH3 is 4. The molecular formula is C19H20O6. The maximum Gasteiger partial charge on any atom is 0.336 e. The number of carbonyl (C=O) groups is 1. The van der Waals surface area contributed by atoms with E-state index in [0.29, 0.717) is 28.6 Å². The highest BCUT2D eigenvalue weighted by molar-refractivity contribution is 6.21. The lowest BCUT2D eigenvalue weighted by Crippen LogP contribution is -2.04. The van der Waals surface area contributed by atoms with Crippen LogP contribution in [0.4, 0.5) is 0 Å². The predicted octanol–water partition coefficient (Wildman–Crippen LogP) is 3.35. The highest BCUT2D eigenvalue weighted by atomic mass is 16.5. The zero-order chi connectivity index (χ0) is 18.4. The molecule has 0 spiro atoms. The smallest absolute Gasteiger partial charge is 0.336 e. The van der Waals surface area contributed by atoms with E-state index in [1.165, 1.54) is 21.3 Å². The number of carboxylic acids is 1. The molecule has 0 aromatic heterocycles. The molecule has 0 saturated heterocycles. The molecule has 2 rings (SSSR count). The molecule has 1 N–H and O–H groups in total. The maximum absolute atomic E-state index is 11.8. The van der Waals surface area contributed by atoms with Crippen LogP contribution in [-0.2, 0) is 4.79 Å². The van der Waals surface area contributed by atoms with E-state index in [4.69, 9.17) is 18.9 Å². The van der Waals surface area contributed by atoms with Crippen molar-refractivity contribution in [3.8, 4) is 23.0 Å². The summed E-state index contributed by atoms with van der Waals surface area (Å²) in [7, 11) is 6.00. The van der Waals surface area contributed by atoms with E-state index < -0.39 is 5.97 Å². The van der Waals surface area contributed by atoms with Gasteiger partial charge in [0, 0.05) is 5.56 Å². The van der Waals surface area contributed by atoms with Gasteiger partial charge in [-0.1, -0.05) is 12.1 Å². The summed E-state index contributed by atoms with van der Waals surface area (Å²) in [4.78, 5) is 11.8. The van der Waals surface area contributed by atoms with Crippen LogP contribution in [-0.4, -0.2) is 39.5 Å². The van der Waals surface area contributed by atoms with Gasteiger partial charge in [-0.2, -0.15) is 0 Å². The minimum Gasteiger partial charge on any atom is -0.497 e. The Labute approximate surface area is 146 Å². The Bertz CT molecular complexity index is 777. The molecule has 0 aliphatic rings.